The van der Waals surface area contributed by atoms with E-state index in [1.54, 1.807) is 0 Å². The number of rotatable bonds is 4. The average molecular weight is 332 g/mol. The van der Waals surface area contributed by atoms with E-state index in [1.807, 2.05) is 24.4 Å². The molecule has 0 atom stereocenters. The zero-order valence-electron chi connectivity index (χ0n) is 14.4. The second-order valence-corrected chi connectivity index (χ2v) is 6.99. The summed E-state index contributed by atoms with van der Waals surface area (Å²) in [6, 6.07) is 20.8. The molecule has 3 heteroatoms. The highest BCUT2D eigenvalue weighted by Crippen LogP contribution is 2.35. The summed E-state index contributed by atoms with van der Waals surface area (Å²) in [5.41, 5.74) is 1.40. The summed E-state index contributed by atoms with van der Waals surface area (Å²) in [6.45, 7) is 2.87. The van der Waals surface area contributed by atoms with Gasteiger partial charge in [0.25, 0.3) is 0 Å². The van der Waals surface area contributed by atoms with Crippen LogP contribution in [0.5, 0.6) is 0 Å². The first kappa shape index (κ1) is 16.2. The second-order valence-electron chi connectivity index (χ2n) is 6.99. The third-order valence-corrected chi connectivity index (χ3v) is 5.36. The zero-order valence-corrected chi connectivity index (χ0v) is 14.4. The zero-order chi connectivity index (χ0) is 17.1. The van der Waals surface area contributed by atoms with Crippen molar-refractivity contribution in [2.45, 2.75) is 24.9 Å². The van der Waals surface area contributed by atoms with E-state index in [0.29, 0.717) is 0 Å². The van der Waals surface area contributed by atoms with Crippen molar-refractivity contribution in [3.8, 4) is 0 Å². The maximum absolute atomic E-state index is 11.3. The number of likely N-dealkylation sites (tertiary alicyclic amines) is 1. The van der Waals surface area contributed by atoms with Crippen molar-refractivity contribution in [2.24, 2.45) is 0 Å². The van der Waals surface area contributed by atoms with E-state index in [-0.39, 0.29) is 0 Å². The summed E-state index contributed by atoms with van der Waals surface area (Å²) >= 11 is 0. The molecular formula is C22H24N2O. The molecule has 0 amide bonds. The van der Waals surface area contributed by atoms with Crippen LogP contribution in [0.15, 0.2) is 66.9 Å². The number of aliphatic hydroxyl groups is 1. The molecule has 0 radical (unpaired) electrons. The van der Waals surface area contributed by atoms with Crippen LogP contribution < -0.4 is 0 Å². The van der Waals surface area contributed by atoms with Crippen LogP contribution in [0.2, 0.25) is 0 Å². The molecule has 3 nitrogen and oxygen atoms in total. The molecular weight excluding hydrogens is 308 g/mol. The normalized spacial score (nSPS) is 17.6. The lowest BCUT2D eigenvalue weighted by Gasteiger charge is -2.38. The number of fused-ring (bicyclic) bond motifs is 1. The fraction of sp³-hybridized carbons (Fsp3) is 0.318. The molecule has 2 heterocycles. The molecule has 2 aromatic carbocycles. The maximum Gasteiger partial charge on any atom is 0.110 e. The molecule has 0 unspecified atom stereocenters. The molecule has 1 aliphatic heterocycles. The van der Waals surface area contributed by atoms with Gasteiger partial charge in [0.15, 0.2) is 0 Å². The number of aromatic nitrogens is 1. The van der Waals surface area contributed by atoms with Crippen molar-refractivity contribution < 1.29 is 5.11 Å². The van der Waals surface area contributed by atoms with Crippen molar-refractivity contribution in [3.63, 3.8) is 0 Å². The Labute approximate surface area is 148 Å². The Kier molecular flexibility index (Phi) is 4.51. The van der Waals surface area contributed by atoms with Gasteiger partial charge in [-0.3, -0.25) is 4.98 Å². The number of pyridine rings is 1. The fourth-order valence-electron chi connectivity index (χ4n) is 3.81. The molecule has 1 aromatic heterocycles. The topological polar surface area (TPSA) is 36.4 Å². The molecule has 0 spiro atoms. The fourth-order valence-corrected chi connectivity index (χ4v) is 3.81. The standard InChI is InChI=1S/C22H24N2O/c25-22(21-20-9-5-4-8-19(20)10-14-23-21)12-16-24(17-13-22)15-11-18-6-2-1-3-7-18/h1-10,14,25H,11-13,15-17H2. The minimum absolute atomic E-state index is 0.739. The highest BCUT2D eigenvalue weighted by atomic mass is 16.3. The molecule has 25 heavy (non-hydrogen) atoms. The molecule has 1 fully saturated rings. The Morgan fingerprint density at radius 2 is 1.64 bits per heavy atom. The van der Waals surface area contributed by atoms with Gasteiger partial charge in [-0.25, -0.2) is 0 Å². The lowest BCUT2D eigenvalue weighted by Crippen LogP contribution is -2.43. The van der Waals surface area contributed by atoms with Gasteiger partial charge in [0, 0.05) is 31.2 Å². The van der Waals surface area contributed by atoms with Gasteiger partial charge in [0.05, 0.1) is 5.69 Å². The Bertz CT molecular complexity index is 834. The van der Waals surface area contributed by atoms with Crippen LogP contribution in [0.25, 0.3) is 10.8 Å². The van der Waals surface area contributed by atoms with E-state index < -0.39 is 5.60 Å². The summed E-state index contributed by atoms with van der Waals surface area (Å²) in [4.78, 5) is 7.00. The largest absolute Gasteiger partial charge is 0.383 e. The highest BCUT2D eigenvalue weighted by molar-refractivity contribution is 5.85. The number of benzene rings is 2. The smallest absolute Gasteiger partial charge is 0.110 e. The van der Waals surface area contributed by atoms with Gasteiger partial charge >= 0.3 is 0 Å². The number of hydrogen-bond acceptors (Lipinski definition) is 3. The highest BCUT2D eigenvalue weighted by Gasteiger charge is 2.36. The van der Waals surface area contributed by atoms with Crippen LogP contribution >= 0.6 is 0 Å². The van der Waals surface area contributed by atoms with Crippen molar-refractivity contribution in [1.82, 2.24) is 9.88 Å². The minimum atomic E-state index is -0.815. The summed E-state index contributed by atoms with van der Waals surface area (Å²) < 4.78 is 0. The van der Waals surface area contributed by atoms with Gasteiger partial charge in [-0.15, -0.1) is 0 Å². The predicted molar refractivity (Wildman–Crippen MR) is 101 cm³/mol. The third kappa shape index (κ3) is 3.44. The van der Waals surface area contributed by atoms with Crippen LogP contribution in [0.1, 0.15) is 24.1 Å². The molecule has 0 bridgehead atoms. The second kappa shape index (κ2) is 6.95. The Morgan fingerprint density at radius 3 is 2.44 bits per heavy atom. The quantitative estimate of drug-likeness (QED) is 0.790. The summed E-state index contributed by atoms with van der Waals surface area (Å²) in [5, 5.41) is 13.5. The summed E-state index contributed by atoms with van der Waals surface area (Å²) in [6.07, 6.45) is 4.36. The van der Waals surface area contributed by atoms with Crippen LogP contribution in [-0.4, -0.2) is 34.6 Å². The van der Waals surface area contributed by atoms with Crippen molar-refractivity contribution in [1.29, 1.82) is 0 Å². The van der Waals surface area contributed by atoms with E-state index in [0.717, 1.165) is 55.4 Å². The lowest BCUT2D eigenvalue weighted by molar-refractivity contribution is -0.0276. The number of piperidine rings is 1. The SMILES string of the molecule is OC1(c2nccc3ccccc23)CCN(CCc2ccccc2)CC1. The van der Waals surface area contributed by atoms with Crippen LogP contribution in [0.4, 0.5) is 0 Å². The Balaban J connectivity index is 1.45. The van der Waals surface area contributed by atoms with Gasteiger partial charge in [0.2, 0.25) is 0 Å². The first-order chi connectivity index (χ1) is 12.2. The molecule has 1 N–H and O–H groups in total. The van der Waals surface area contributed by atoms with E-state index in [9.17, 15) is 5.11 Å². The molecule has 1 aliphatic rings. The summed E-state index contributed by atoms with van der Waals surface area (Å²) in [5.74, 6) is 0. The Hall–Kier alpha value is -2.23. The van der Waals surface area contributed by atoms with E-state index in [2.05, 4.69) is 52.3 Å². The molecule has 3 aromatic rings. The number of hydrogen-bond donors (Lipinski definition) is 1. The van der Waals surface area contributed by atoms with Crippen molar-refractivity contribution >= 4 is 10.8 Å². The maximum atomic E-state index is 11.3. The molecule has 0 aliphatic carbocycles. The average Bonchev–Trinajstić information content (AvgIpc) is 2.68. The van der Waals surface area contributed by atoms with E-state index >= 15 is 0 Å². The van der Waals surface area contributed by atoms with Crippen LogP contribution in [0.3, 0.4) is 0 Å². The van der Waals surface area contributed by atoms with Gasteiger partial charge in [-0.2, -0.15) is 0 Å². The Morgan fingerprint density at radius 1 is 0.920 bits per heavy atom. The van der Waals surface area contributed by atoms with Crippen molar-refractivity contribution in [2.75, 3.05) is 19.6 Å². The van der Waals surface area contributed by atoms with Crippen molar-refractivity contribution in [3.05, 3.63) is 78.1 Å². The first-order valence-electron chi connectivity index (χ1n) is 9.07. The first-order valence-corrected chi connectivity index (χ1v) is 9.07. The lowest BCUT2D eigenvalue weighted by atomic mass is 9.85. The molecule has 128 valence electrons. The minimum Gasteiger partial charge on any atom is -0.383 e. The van der Waals surface area contributed by atoms with Gasteiger partial charge < -0.3 is 10.0 Å². The van der Waals surface area contributed by atoms with Gasteiger partial charge in [0.1, 0.15) is 5.60 Å². The van der Waals surface area contributed by atoms with Crippen LogP contribution in [0, 0.1) is 0 Å². The molecule has 4 rings (SSSR count). The monoisotopic (exact) mass is 332 g/mol. The van der Waals surface area contributed by atoms with E-state index in [1.165, 1.54) is 5.56 Å². The van der Waals surface area contributed by atoms with Gasteiger partial charge in [-0.1, -0.05) is 54.6 Å². The summed E-state index contributed by atoms with van der Waals surface area (Å²) in [7, 11) is 0. The predicted octanol–water partition coefficient (Wildman–Crippen LogP) is 3.76. The van der Waals surface area contributed by atoms with Crippen LogP contribution in [-0.2, 0) is 12.0 Å². The third-order valence-electron chi connectivity index (χ3n) is 5.36. The molecule has 1 saturated heterocycles. The van der Waals surface area contributed by atoms with E-state index in [4.69, 9.17) is 0 Å². The molecule has 0 saturated carbocycles. The number of nitrogens with zero attached hydrogens (tertiary/aromatic N) is 2. The van der Waals surface area contributed by atoms with Gasteiger partial charge in [-0.05, 0) is 36.3 Å².